The second-order valence-electron chi connectivity index (χ2n) is 7.95. The van der Waals surface area contributed by atoms with Crippen molar-refractivity contribution in [2.45, 2.75) is 6.42 Å². The molecule has 32 heavy (non-hydrogen) atoms. The summed E-state index contributed by atoms with van der Waals surface area (Å²) in [6.07, 6.45) is 0.375. The first-order valence-electron chi connectivity index (χ1n) is 10.7. The Labute approximate surface area is 190 Å². The van der Waals surface area contributed by atoms with E-state index in [2.05, 4.69) is 10.2 Å². The van der Waals surface area contributed by atoms with Crippen molar-refractivity contribution in [3.05, 3.63) is 54.1 Å². The molecule has 9 heteroatoms. The second kappa shape index (κ2) is 10.7. The fourth-order valence-corrected chi connectivity index (χ4v) is 5.12. The van der Waals surface area contributed by atoms with E-state index in [1.165, 1.54) is 0 Å². The number of anilines is 2. The topological polar surface area (TPSA) is 82.2 Å². The van der Waals surface area contributed by atoms with Gasteiger partial charge in [0.05, 0.1) is 12.9 Å². The zero-order valence-electron chi connectivity index (χ0n) is 19.0. The number of benzene rings is 2. The Morgan fingerprint density at radius 3 is 2.38 bits per heavy atom. The van der Waals surface area contributed by atoms with E-state index < -0.39 is 10.0 Å². The lowest BCUT2D eigenvalue weighted by Crippen LogP contribution is -2.49. The van der Waals surface area contributed by atoms with Gasteiger partial charge in [-0.3, -0.25) is 4.79 Å². The fraction of sp³-hybridized carbons (Fsp3) is 0.435. The normalized spacial score (nSPS) is 14.8. The summed E-state index contributed by atoms with van der Waals surface area (Å²) < 4.78 is 32.2. The van der Waals surface area contributed by atoms with E-state index in [0.717, 1.165) is 17.1 Å². The summed E-state index contributed by atoms with van der Waals surface area (Å²) in [5, 5.41) is 2.82. The number of piperazine rings is 1. The molecule has 1 aliphatic rings. The molecule has 0 aliphatic carbocycles. The molecule has 1 saturated heterocycles. The summed E-state index contributed by atoms with van der Waals surface area (Å²) in [6, 6.07) is 15.1. The number of carbonyl (C=O) groups is 1. The highest BCUT2D eigenvalue weighted by Gasteiger charge is 2.26. The second-order valence-corrected chi connectivity index (χ2v) is 10.0. The maximum Gasteiger partial charge on any atom is 0.251 e. The number of hydrogen-bond donors (Lipinski definition) is 1. The third kappa shape index (κ3) is 6.14. The number of ether oxygens (including phenoxy) is 1. The maximum atomic E-state index is 12.7. The molecular weight excluding hydrogens is 428 g/mol. The lowest BCUT2D eigenvalue weighted by Gasteiger charge is -2.35. The first kappa shape index (κ1) is 23.9. The van der Waals surface area contributed by atoms with Crippen LogP contribution in [-0.2, 0) is 10.0 Å². The molecule has 1 amide bonds. The molecule has 2 aromatic rings. The summed E-state index contributed by atoms with van der Waals surface area (Å²) in [6.45, 7) is 2.52. The lowest BCUT2D eigenvalue weighted by molar-refractivity contribution is 0.0953. The van der Waals surface area contributed by atoms with Crippen LogP contribution in [0.5, 0.6) is 5.75 Å². The molecule has 0 radical (unpaired) electrons. The van der Waals surface area contributed by atoms with Gasteiger partial charge in [-0.25, -0.2) is 8.42 Å². The Morgan fingerprint density at radius 2 is 1.75 bits per heavy atom. The van der Waals surface area contributed by atoms with Gasteiger partial charge in [-0.15, -0.1) is 0 Å². The van der Waals surface area contributed by atoms with Crippen LogP contribution in [0.1, 0.15) is 16.8 Å². The zero-order chi connectivity index (χ0) is 23.1. The van der Waals surface area contributed by atoms with E-state index >= 15 is 0 Å². The number of sulfonamides is 1. The number of nitrogens with zero attached hydrogens (tertiary/aromatic N) is 3. The fourth-order valence-electron chi connectivity index (χ4n) is 3.63. The molecule has 1 fully saturated rings. The van der Waals surface area contributed by atoms with E-state index in [0.29, 0.717) is 44.7 Å². The molecule has 0 aromatic heterocycles. The number of hydrogen-bond acceptors (Lipinski definition) is 6. The number of nitrogens with one attached hydrogen (secondary N) is 1. The minimum atomic E-state index is -3.35. The summed E-state index contributed by atoms with van der Waals surface area (Å²) in [7, 11) is 2.11. The van der Waals surface area contributed by atoms with Crippen LogP contribution in [0.4, 0.5) is 11.4 Å². The van der Waals surface area contributed by atoms with E-state index in [4.69, 9.17) is 4.74 Å². The van der Waals surface area contributed by atoms with Crippen LogP contribution >= 0.6 is 0 Å². The molecule has 1 aliphatic heterocycles. The Morgan fingerprint density at radius 1 is 1.06 bits per heavy atom. The summed E-state index contributed by atoms with van der Waals surface area (Å²) >= 11 is 0. The number of rotatable bonds is 9. The largest absolute Gasteiger partial charge is 0.497 e. The average molecular weight is 461 g/mol. The van der Waals surface area contributed by atoms with Crippen molar-refractivity contribution in [2.75, 3.05) is 69.5 Å². The molecular formula is C23H32N4O4S. The van der Waals surface area contributed by atoms with Crippen molar-refractivity contribution in [3.8, 4) is 5.75 Å². The molecule has 0 atom stereocenters. The van der Waals surface area contributed by atoms with Crippen LogP contribution in [0.15, 0.2) is 48.5 Å². The molecule has 0 saturated carbocycles. The molecule has 0 bridgehead atoms. The first-order valence-corrected chi connectivity index (χ1v) is 12.3. The van der Waals surface area contributed by atoms with Crippen molar-refractivity contribution in [1.82, 2.24) is 9.62 Å². The molecule has 1 N–H and O–H groups in total. The summed E-state index contributed by atoms with van der Waals surface area (Å²) in [5.41, 5.74) is 2.56. The van der Waals surface area contributed by atoms with Crippen molar-refractivity contribution in [3.63, 3.8) is 0 Å². The van der Waals surface area contributed by atoms with Crippen molar-refractivity contribution in [1.29, 1.82) is 0 Å². The van der Waals surface area contributed by atoms with Crippen molar-refractivity contribution >= 4 is 27.3 Å². The third-order valence-electron chi connectivity index (χ3n) is 5.56. The minimum Gasteiger partial charge on any atom is -0.497 e. The van der Waals surface area contributed by atoms with Gasteiger partial charge in [-0.05, 0) is 48.9 Å². The third-order valence-corrected chi connectivity index (χ3v) is 7.52. The van der Waals surface area contributed by atoms with E-state index in [1.54, 1.807) is 17.5 Å². The Balaban J connectivity index is 1.43. The van der Waals surface area contributed by atoms with Crippen molar-refractivity contribution < 1.29 is 17.9 Å². The average Bonchev–Trinajstić information content (AvgIpc) is 2.82. The predicted molar refractivity (Wildman–Crippen MR) is 128 cm³/mol. The molecule has 174 valence electrons. The Kier molecular flexibility index (Phi) is 7.98. The predicted octanol–water partition coefficient (Wildman–Crippen LogP) is 2.03. The van der Waals surface area contributed by atoms with Gasteiger partial charge >= 0.3 is 0 Å². The van der Waals surface area contributed by atoms with E-state index in [-0.39, 0.29) is 11.7 Å². The molecule has 8 nitrogen and oxygen atoms in total. The first-order chi connectivity index (χ1) is 15.3. The van der Waals surface area contributed by atoms with Crippen LogP contribution in [0, 0.1) is 0 Å². The number of methoxy groups -OCH3 is 1. The molecule has 1 heterocycles. The molecule has 0 unspecified atom stereocenters. The highest BCUT2D eigenvalue weighted by atomic mass is 32.2. The smallest absolute Gasteiger partial charge is 0.251 e. The maximum absolute atomic E-state index is 12.7. The highest BCUT2D eigenvalue weighted by molar-refractivity contribution is 7.89. The van der Waals surface area contributed by atoms with Crippen LogP contribution in [0.3, 0.4) is 0 Å². The standard InChI is InChI=1S/C23H32N4O4S/c1-25(2)21-7-4-6-19(18-21)23(28)24-12-5-17-32(29,30)27-15-13-26(14-16-27)20-8-10-22(31-3)11-9-20/h4,6-11,18H,5,12-17H2,1-3H3,(H,24,28). The summed E-state index contributed by atoms with van der Waals surface area (Å²) in [5.74, 6) is 0.625. The van der Waals surface area contributed by atoms with E-state index in [1.807, 2.05) is 61.5 Å². The monoisotopic (exact) mass is 460 g/mol. The minimum absolute atomic E-state index is 0.0214. The van der Waals surface area contributed by atoms with Gasteiger partial charge in [0.2, 0.25) is 10.0 Å². The van der Waals surface area contributed by atoms with Crippen LogP contribution in [0.2, 0.25) is 0 Å². The van der Waals surface area contributed by atoms with Crippen LogP contribution in [-0.4, -0.2) is 78.3 Å². The van der Waals surface area contributed by atoms with Gasteiger partial charge in [0.1, 0.15) is 5.75 Å². The van der Waals surface area contributed by atoms with Crippen molar-refractivity contribution in [2.24, 2.45) is 0 Å². The van der Waals surface area contributed by atoms with E-state index in [9.17, 15) is 13.2 Å². The molecule has 3 rings (SSSR count). The zero-order valence-corrected chi connectivity index (χ0v) is 19.8. The van der Waals surface area contributed by atoms with Gasteiger partial charge < -0.3 is 19.9 Å². The quantitative estimate of drug-likeness (QED) is 0.577. The van der Waals surface area contributed by atoms with Crippen LogP contribution in [0.25, 0.3) is 0 Å². The van der Waals surface area contributed by atoms with Gasteiger partial charge in [-0.1, -0.05) is 6.07 Å². The van der Waals surface area contributed by atoms with Crippen LogP contribution < -0.4 is 19.9 Å². The lowest BCUT2D eigenvalue weighted by atomic mass is 10.2. The SMILES string of the molecule is COc1ccc(N2CCN(S(=O)(=O)CCCNC(=O)c3cccc(N(C)C)c3)CC2)cc1. The molecule has 0 spiro atoms. The number of amides is 1. The van der Waals surface area contributed by atoms with Gasteiger partial charge in [0.15, 0.2) is 0 Å². The van der Waals surface area contributed by atoms with Gasteiger partial charge in [-0.2, -0.15) is 4.31 Å². The molecule has 2 aromatic carbocycles. The Hall–Kier alpha value is -2.78. The van der Waals surface area contributed by atoms with Gasteiger partial charge in [0.25, 0.3) is 5.91 Å². The van der Waals surface area contributed by atoms with Gasteiger partial charge in [0, 0.05) is 63.8 Å². The number of carbonyl (C=O) groups excluding carboxylic acids is 1. The Bertz CT molecular complexity index is 1000. The summed E-state index contributed by atoms with van der Waals surface area (Å²) in [4.78, 5) is 16.5. The highest BCUT2D eigenvalue weighted by Crippen LogP contribution is 2.21.